The number of ether oxygens (including phenoxy) is 1. The van der Waals surface area contributed by atoms with E-state index in [0.29, 0.717) is 17.4 Å². The Morgan fingerprint density at radius 2 is 2.12 bits per heavy atom. The summed E-state index contributed by atoms with van der Waals surface area (Å²) in [6, 6.07) is 0. The Bertz CT molecular complexity index is 346. The highest BCUT2D eigenvalue weighted by Crippen LogP contribution is 2.26. The molecule has 6 heteroatoms. The number of hydrogen-bond acceptors (Lipinski definition) is 6. The van der Waals surface area contributed by atoms with Gasteiger partial charge in [0.25, 0.3) is 0 Å². The van der Waals surface area contributed by atoms with Crippen LogP contribution in [-0.4, -0.2) is 42.4 Å². The van der Waals surface area contributed by atoms with Gasteiger partial charge in [-0.15, -0.1) is 0 Å². The summed E-state index contributed by atoms with van der Waals surface area (Å²) in [6.07, 6.45) is 4.25. The van der Waals surface area contributed by atoms with Crippen LogP contribution in [0.3, 0.4) is 0 Å². The third kappa shape index (κ3) is 3.74. The molecule has 17 heavy (non-hydrogen) atoms. The minimum Gasteiger partial charge on any atom is -0.479 e. The lowest BCUT2D eigenvalue weighted by Gasteiger charge is -2.20. The van der Waals surface area contributed by atoms with Gasteiger partial charge in [-0.25, -0.2) is 4.98 Å². The van der Waals surface area contributed by atoms with Crippen molar-refractivity contribution in [3.05, 3.63) is 6.33 Å². The van der Waals surface area contributed by atoms with E-state index in [1.165, 1.54) is 13.4 Å². The number of aliphatic hydroxyl groups is 1. The third-order valence-electron chi connectivity index (χ3n) is 2.53. The van der Waals surface area contributed by atoms with Crippen LogP contribution in [0.5, 0.6) is 5.88 Å². The van der Waals surface area contributed by atoms with Gasteiger partial charge in [-0.3, -0.25) is 0 Å². The van der Waals surface area contributed by atoms with Crippen LogP contribution in [0.4, 0.5) is 11.5 Å². The summed E-state index contributed by atoms with van der Waals surface area (Å²) < 4.78 is 5.04. The Kier molecular flexibility index (Phi) is 5.48. The van der Waals surface area contributed by atoms with Crippen molar-refractivity contribution in [1.29, 1.82) is 0 Å². The highest BCUT2D eigenvalue weighted by molar-refractivity contribution is 5.67. The van der Waals surface area contributed by atoms with E-state index < -0.39 is 0 Å². The summed E-state index contributed by atoms with van der Waals surface area (Å²) in [6.45, 7) is 1.08. The largest absolute Gasteiger partial charge is 0.479 e. The van der Waals surface area contributed by atoms with Gasteiger partial charge >= 0.3 is 0 Å². The normalized spacial score (nSPS) is 10.3. The molecule has 0 radical (unpaired) electrons. The molecule has 0 atom stereocenters. The van der Waals surface area contributed by atoms with Crippen LogP contribution >= 0.6 is 0 Å². The first kappa shape index (κ1) is 13.5. The van der Waals surface area contributed by atoms with E-state index in [2.05, 4.69) is 9.97 Å². The third-order valence-corrected chi connectivity index (χ3v) is 2.53. The molecule has 0 aromatic carbocycles. The van der Waals surface area contributed by atoms with Crippen molar-refractivity contribution in [3.63, 3.8) is 0 Å². The van der Waals surface area contributed by atoms with Crippen molar-refractivity contribution in [1.82, 2.24) is 9.97 Å². The molecule has 0 bridgehead atoms. The summed E-state index contributed by atoms with van der Waals surface area (Å²) in [5.41, 5.74) is 6.35. The molecule has 6 nitrogen and oxygen atoms in total. The highest BCUT2D eigenvalue weighted by Gasteiger charge is 2.11. The standard InChI is InChI=1S/C11H20N4O2/c1-15(6-4-3-5-7-16)10-9(12)11(17-2)14-8-13-10/h8,16H,3-7,12H2,1-2H3. The quantitative estimate of drug-likeness (QED) is 0.681. The van der Waals surface area contributed by atoms with E-state index in [4.69, 9.17) is 15.6 Å². The lowest BCUT2D eigenvalue weighted by atomic mass is 10.2. The van der Waals surface area contributed by atoms with Crippen LogP contribution in [0, 0.1) is 0 Å². The van der Waals surface area contributed by atoms with Gasteiger partial charge in [0.2, 0.25) is 5.88 Å². The lowest BCUT2D eigenvalue weighted by Crippen LogP contribution is -2.21. The number of hydrogen-bond donors (Lipinski definition) is 2. The highest BCUT2D eigenvalue weighted by atomic mass is 16.5. The van der Waals surface area contributed by atoms with Crippen molar-refractivity contribution >= 4 is 11.5 Å². The summed E-state index contributed by atoms with van der Waals surface area (Å²) >= 11 is 0. The van der Waals surface area contributed by atoms with Crippen molar-refractivity contribution in [2.45, 2.75) is 19.3 Å². The van der Waals surface area contributed by atoms with Crippen LogP contribution in [0.1, 0.15) is 19.3 Å². The number of anilines is 2. The second-order valence-electron chi connectivity index (χ2n) is 3.83. The number of aromatic nitrogens is 2. The van der Waals surface area contributed by atoms with Gasteiger partial charge in [0.15, 0.2) is 5.82 Å². The Labute approximate surface area is 101 Å². The predicted octanol–water partition coefficient (Wildman–Crippen LogP) is 0.666. The number of nitrogen functional groups attached to an aromatic ring is 1. The first-order valence-corrected chi connectivity index (χ1v) is 5.67. The van der Waals surface area contributed by atoms with Crippen LogP contribution in [0.2, 0.25) is 0 Å². The zero-order valence-corrected chi connectivity index (χ0v) is 10.4. The van der Waals surface area contributed by atoms with E-state index in [-0.39, 0.29) is 6.61 Å². The summed E-state index contributed by atoms with van der Waals surface area (Å²) in [4.78, 5) is 10.0. The molecule has 0 aliphatic rings. The summed E-state index contributed by atoms with van der Waals surface area (Å²) in [7, 11) is 3.46. The molecule has 3 N–H and O–H groups in total. The number of aliphatic hydroxyl groups excluding tert-OH is 1. The average Bonchev–Trinajstić information content (AvgIpc) is 2.34. The molecule has 0 unspecified atom stereocenters. The van der Waals surface area contributed by atoms with E-state index >= 15 is 0 Å². The fourth-order valence-electron chi connectivity index (χ4n) is 1.58. The molecular weight excluding hydrogens is 220 g/mol. The first-order chi connectivity index (χ1) is 8.20. The summed E-state index contributed by atoms with van der Waals surface area (Å²) in [5, 5.41) is 8.69. The van der Waals surface area contributed by atoms with Gasteiger partial charge in [0.1, 0.15) is 12.0 Å². The second-order valence-corrected chi connectivity index (χ2v) is 3.83. The smallest absolute Gasteiger partial charge is 0.242 e. The Morgan fingerprint density at radius 1 is 1.35 bits per heavy atom. The molecule has 96 valence electrons. The lowest BCUT2D eigenvalue weighted by molar-refractivity contribution is 0.283. The zero-order valence-electron chi connectivity index (χ0n) is 10.4. The topological polar surface area (TPSA) is 84.5 Å². The number of nitrogens with two attached hydrogens (primary N) is 1. The first-order valence-electron chi connectivity index (χ1n) is 5.67. The second kappa shape index (κ2) is 6.90. The number of nitrogens with zero attached hydrogens (tertiary/aromatic N) is 3. The maximum atomic E-state index is 8.69. The van der Waals surface area contributed by atoms with Crippen molar-refractivity contribution in [2.75, 3.05) is 37.9 Å². The van der Waals surface area contributed by atoms with E-state index in [9.17, 15) is 0 Å². The molecule has 0 aliphatic heterocycles. The van der Waals surface area contributed by atoms with Crippen LogP contribution in [-0.2, 0) is 0 Å². The molecule has 1 rings (SSSR count). The van der Waals surface area contributed by atoms with Crippen molar-refractivity contribution in [2.24, 2.45) is 0 Å². The number of methoxy groups -OCH3 is 1. The number of unbranched alkanes of at least 4 members (excludes halogenated alkanes) is 2. The Balaban J connectivity index is 2.59. The molecule has 0 amide bonds. The van der Waals surface area contributed by atoms with Gasteiger partial charge in [0, 0.05) is 20.2 Å². The van der Waals surface area contributed by atoms with Crippen LogP contribution in [0.15, 0.2) is 6.33 Å². The van der Waals surface area contributed by atoms with Gasteiger partial charge in [-0.2, -0.15) is 4.98 Å². The van der Waals surface area contributed by atoms with Crippen molar-refractivity contribution in [3.8, 4) is 5.88 Å². The van der Waals surface area contributed by atoms with Crippen LogP contribution in [0.25, 0.3) is 0 Å². The molecule has 1 aromatic rings. The van der Waals surface area contributed by atoms with E-state index in [0.717, 1.165) is 25.8 Å². The van der Waals surface area contributed by atoms with E-state index in [1.807, 2.05) is 11.9 Å². The Hall–Kier alpha value is -1.56. The van der Waals surface area contributed by atoms with Gasteiger partial charge in [-0.05, 0) is 19.3 Å². The summed E-state index contributed by atoms with van der Waals surface area (Å²) in [5.74, 6) is 1.08. The fraction of sp³-hybridized carbons (Fsp3) is 0.636. The fourth-order valence-corrected chi connectivity index (χ4v) is 1.58. The van der Waals surface area contributed by atoms with Gasteiger partial charge in [0.05, 0.1) is 7.11 Å². The Morgan fingerprint density at radius 3 is 2.76 bits per heavy atom. The molecule has 0 spiro atoms. The number of rotatable bonds is 7. The maximum absolute atomic E-state index is 8.69. The monoisotopic (exact) mass is 240 g/mol. The SMILES string of the molecule is COc1ncnc(N(C)CCCCCO)c1N. The molecule has 0 saturated carbocycles. The predicted molar refractivity (Wildman–Crippen MR) is 67.2 cm³/mol. The van der Waals surface area contributed by atoms with Crippen LogP contribution < -0.4 is 15.4 Å². The maximum Gasteiger partial charge on any atom is 0.242 e. The molecule has 1 aromatic heterocycles. The molecule has 0 fully saturated rings. The van der Waals surface area contributed by atoms with Crippen molar-refractivity contribution < 1.29 is 9.84 Å². The van der Waals surface area contributed by atoms with Gasteiger partial charge in [-0.1, -0.05) is 0 Å². The minimum atomic E-state index is 0.243. The average molecular weight is 240 g/mol. The van der Waals surface area contributed by atoms with E-state index in [1.54, 1.807) is 0 Å². The minimum absolute atomic E-state index is 0.243. The molecular formula is C11H20N4O2. The molecule has 0 saturated heterocycles. The molecule has 0 aliphatic carbocycles. The van der Waals surface area contributed by atoms with Gasteiger partial charge < -0.3 is 20.5 Å². The molecule has 1 heterocycles. The zero-order chi connectivity index (χ0) is 12.7.